The molecule has 0 aromatic carbocycles. The highest BCUT2D eigenvalue weighted by Gasteiger charge is 2.37. The lowest BCUT2D eigenvalue weighted by molar-refractivity contribution is -0.179. The highest BCUT2D eigenvalue weighted by atomic mass is 16.7. The van der Waals surface area contributed by atoms with Gasteiger partial charge in [0, 0.05) is 13.7 Å². The van der Waals surface area contributed by atoms with Crippen molar-refractivity contribution in [1.29, 1.82) is 0 Å². The van der Waals surface area contributed by atoms with E-state index >= 15 is 0 Å². The average molecular weight is 285 g/mol. The second kappa shape index (κ2) is 6.87. The van der Waals surface area contributed by atoms with Gasteiger partial charge in [0.1, 0.15) is 6.10 Å². The summed E-state index contributed by atoms with van der Waals surface area (Å²) in [5, 5.41) is 2.98. The van der Waals surface area contributed by atoms with Gasteiger partial charge in [-0.3, -0.25) is 5.32 Å². The molecule has 5 atom stereocenters. The van der Waals surface area contributed by atoms with Crippen molar-refractivity contribution >= 4 is 5.97 Å². The molecular weight excluding hydrogens is 258 g/mol. The van der Waals surface area contributed by atoms with Crippen molar-refractivity contribution in [1.82, 2.24) is 5.32 Å². The van der Waals surface area contributed by atoms with Crippen LogP contribution in [-0.4, -0.2) is 38.2 Å². The third-order valence-corrected chi connectivity index (χ3v) is 4.46. The summed E-state index contributed by atoms with van der Waals surface area (Å²) in [5.41, 5.74) is 0. The predicted octanol–water partition coefficient (Wildman–Crippen LogP) is 1.91. The highest BCUT2D eigenvalue weighted by Crippen LogP contribution is 2.35. The molecule has 2 rings (SSSR count). The minimum absolute atomic E-state index is 0.0123. The minimum Gasteiger partial charge on any atom is -0.459 e. The van der Waals surface area contributed by atoms with E-state index in [1.54, 1.807) is 7.11 Å². The smallest absolute Gasteiger partial charge is 0.350 e. The molecule has 1 aliphatic heterocycles. The predicted molar refractivity (Wildman–Crippen MR) is 74.9 cm³/mol. The summed E-state index contributed by atoms with van der Waals surface area (Å²) in [6.07, 6.45) is 2.27. The normalized spacial score (nSPS) is 38.1. The molecule has 1 aliphatic carbocycles. The lowest BCUT2D eigenvalue weighted by Gasteiger charge is -2.37. The van der Waals surface area contributed by atoms with Crippen molar-refractivity contribution in [2.24, 2.45) is 17.8 Å². The van der Waals surface area contributed by atoms with Crippen LogP contribution in [0.3, 0.4) is 0 Å². The van der Waals surface area contributed by atoms with Crippen LogP contribution in [-0.2, 0) is 19.0 Å². The molecule has 1 saturated carbocycles. The summed E-state index contributed by atoms with van der Waals surface area (Å²) in [7, 11) is 1.57. The van der Waals surface area contributed by atoms with Crippen molar-refractivity contribution in [3.8, 4) is 0 Å². The Kier molecular flexibility index (Phi) is 5.41. The second-order valence-electron chi connectivity index (χ2n) is 6.39. The van der Waals surface area contributed by atoms with E-state index in [0.717, 1.165) is 12.8 Å². The molecule has 0 aromatic rings. The van der Waals surface area contributed by atoms with Gasteiger partial charge in [-0.15, -0.1) is 0 Å². The summed E-state index contributed by atoms with van der Waals surface area (Å²) >= 11 is 0. The Morgan fingerprint density at radius 2 is 2.10 bits per heavy atom. The van der Waals surface area contributed by atoms with Crippen LogP contribution < -0.4 is 5.32 Å². The van der Waals surface area contributed by atoms with Crippen LogP contribution in [0.1, 0.15) is 40.0 Å². The molecule has 1 heterocycles. The van der Waals surface area contributed by atoms with Crippen LogP contribution in [0.15, 0.2) is 0 Å². The zero-order valence-electron chi connectivity index (χ0n) is 12.9. The van der Waals surface area contributed by atoms with Crippen molar-refractivity contribution in [3.05, 3.63) is 0 Å². The van der Waals surface area contributed by atoms with Gasteiger partial charge in [-0.05, 0) is 30.6 Å². The van der Waals surface area contributed by atoms with Crippen molar-refractivity contribution in [2.45, 2.75) is 58.7 Å². The van der Waals surface area contributed by atoms with Gasteiger partial charge in [-0.2, -0.15) is 0 Å². The van der Waals surface area contributed by atoms with Crippen LogP contribution >= 0.6 is 0 Å². The zero-order chi connectivity index (χ0) is 14.7. The SMILES string of the molecule is CO[C@H]1CNC(C(=O)O[C@@H]2C[C@H](C)CC[C@H]2C(C)C)O1. The van der Waals surface area contributed by atoms with Crippen LogP contribution in [0.5, 0.6) is 0 Å². The van der Waals surface area contributed by atoms with Crippen molar-refractivity contribution < 1.29 is 19.0 Å². The Bertz CT molecular complexity index is 334. The van der Waals surface area contributed by atoms with Crippen molar-refractivity contribution in [2.75, 3.05) is 13.7 Å². The standard InChI is InChI=1S/C15H27NO4/c1-9(2)11-6-5-10(3)7-12(11)19-15(17)14-16-8-13(18-4)20-14/h9-14,16H,5-8H2,1-4H3/t10-,11+,12-,13-,14?/m1/s1. The van der Waals surface area contributed by atoms with E-state index in [-0.39, 0.29) is 18.4 Å². The first kappa shape index (κ1) is 15.7. The first-order valence-corrected chi connectivity index (χ1v) is 7.63. The van der Waals surface area contributed by atoms with Gasteiger partial charge in [0.05, 0.1) is 0 Å². The Balaban J connectivity index is 1.91. The Morgan fingerprint density at radius 3 is 2.70 bits per heavy atom. The van der Waals surface area contributed by atoms with Gasteiger partial charge >= 0.3 is 5.97 Å². The molecule has 116 valence electrons. The monoisotopic (exact) mass is 285 g/mol. The molecule has 0 spiro atoms. The number of hydrogen-bond acceptors (Lipinski definition) is 5. The maximum Gasteiger partial charge on any atom is 0.350 e. The van der Waals surface area contributed by atoms with Gasteiger partial charge in [0.25, 0.3) is 0 Å². The second-order valence-corrected chi connectivity index (χ2v) is 6.39. The first-order chi connectivity index (χ1) is 9.51. The molecule has 0 bridgehead atoms. The lowest BCUT2D eigenvalue weighted by Crippen LogP contribution is -2.41. The number of ether oxygens (including phenoxy) is 3. The fraction of sp³-hybridized carbons (Fsp3) is 0.933. The van der Waals surface area contributed by atoms with Gasteiger partial charge in [0.15, 0.2) is 6.29 Å². The molecular formula is C15H27NO4. The minimum atomic E-state index is -0.690. The highest BCUT2D eigenvalue weighted by molar-refractivity contribution is 5.74. The number of methoxy groups -OCH3 is 1. The van der Waals surface area contributed by atoms with Crippen LogP contribution in [0.4, 0.5) is 0 Å². The number of carbonyl (C=O) groups is 1. The molecule has 5 heteroatoms. The molecule has 0 radical (unpaired) electrons. The van der Waals surface area contributed by atoms with E-state index in [1.165, 1.54) is 6.42 Å². The average Bonchev–Trinajstić information content (AvgIpc) is 2.87. The molecule has 0 aromatic heterocycles. The van der Waals surface area contributed by atoms with Crippen LogP contribution in [0, 0.1) is 17.8 Å². The summed E-state index contributed by atoms with van der Waals surface area (Å²) < 4.78 is 16.2. The molecule has 5 nitrogen and oxygen atoms in total. The molecule has 1 N–H and O–H groups in total. The van der Waals surface area contributed by atoms with Gasteiger partial charge in [0.2, 0.25) is 6.23 Å². The number of hydrogen-bond donors (Lipinski definition) is 1. The van der Waals surface area contributed by atoms with E-state index in [0.29, 0.717) is 24.3 Å². The third-order valence-electron chi connectivity index (χ3n) is 4.46. The number of esters is 1. The number of nitrogens with one attached hydrogen (secondary N) is 1. The fourth-order valence-electron chi connectivity index (χ4n) is 3.19. The van der Waals surface area contributed by atoms with Crippen LogP contribution in [0.25, 0.3) is 0 Å². The fourth-order valence-corrected chi connectivity index (χ4v) is 3.19. The molecule has 2 fully saturated rings. The van der Waals surface area contributed by atoms with E-state index < -0.39 is 6.23 Å². The summed E-state index contributed by atoms with van der Waals surface area (Å²) in [5.74, 6) is 1.29. The molecule has 20 heavy (non-hydrogen) atoms. The molecule has 2 aliphatic rings. The molecule has 0 amide bonds. The zero-order valence-corrected chi connectivity index (χ0v) is 12.9. The Morgan fingerprint density at radius 1 is 1.35 bits per heavy atom. The first-order valence-electron chi connectivity index (χ1n) is 7.63. The Labute approximate surface area is 121 Å². The van der Waals surface area contributed by atoms with Crippen LogP contribution in [0.2, 0.25) is 0 Å². The topological polar surface area (TPSA) is 56.8 Å². The van der Waals surface area contributed by atoms with E-state index in [2.05, 4.69) is 26.1 Å². The summed E-state index contributed by atoms with van der Waals surface area (Å²) in [6.45, 7) is 7.15. The van der Waals surface area contributed by atoms with E-state index in [4.69, 9.17) is 14.2 Å². The molecule has 1 unspecified atom stereocenters. The van der Waals surface area contributed by atoms with Crippen molar-refractivity contribution in [3.63, 3.8) is 0 Å². The molecule has 1 saturated heterocycles. The van der Waals surface area contributed by atoms with Gasteiger partial charge in [-0.25, -0.2) is 4.79 Å². The summed E-state index contributed by atoms with van der Waals surface area (Å²) in [6, 6.07) is 0. The third kappa shape index (κ3) is 3.71. The number of rotatable bonds is 4. The van der Waals surface area contributed by atoms with E-state index in [1.807, 2.05) is 0 Å². The largest absolute Gasteiger partial charge is 0.459 e. The lowest BCUT2D eigenvalue weighted by atomic mass is 9.75. The van der Waals surface area contributed by atoms with Gasteiger partial charge < -0.3 is 14.2 Å². The quantitative estimate of drug-likeness (QED) is 0.800. The Hall–Kier alpha value is -0.650. The van der Waals surface area contributed by atoms with Gasteiger partial charge in [-0.1, -0.05) is 27.2 Å². The maximum atomic E-state index is 12.2. The number of carbonyl (C=O) groups excluding carboxylic acids is 1. The maximum absolute atomic E-state index is 12.2. The summed E-state index contributed by atoms with van der Waals surface area (Å²) in [4.78, 5) is 12.2. The van der Waals surface area contributed by atoms with E-state index in [9.17, 15) is 4.79 Å².